The molecule has 1 amide bonds. The lowest BCUT2D eigenvalue weighted by atomic mass is 10.1. The van der Waals surface area contributed by atoms with Crippen LogP contribution in [0.1, 0.15) is 11.1 Å². The van der Waals surface area contributed by atoms with Gasteiger partial charge < -0.3 is 5.11 Å². The number of thioether (sulfide) groups is 1. The minimum absolute atomic E-state index is 0.0302. The Morgan fingerprint density at radius 3 is 2.57 bits per heavy atom. The summed E-state index contributed by atoms with van der Waals surface area (Å²) in [5, 5.41) is 20.4. The van der Waals surface area contributed by atoms with Crippen molar-refractivity contribution in [3.05, 3.63) is 68.6 Å². The molecule has 0 unspecified atom stereocenters. The molecule has 144 valence electrons. The summed E-state index contributed by atoms with van der Waals surface area (Å²) in [4.78, 5) is 23.8. The van der Waals surface area contributed by atoms with Crippen molar-refractivity contribution in [2.75, 3.05) is 4.90 Å². The lowest BCUT2D eigenvalue weighted by Crippen LogP contribution is -2.27. The maximum absolute atomic E-state index is 12.9. The molecule has 0 spiro atoms. The maximum atomic E-state index is 12.9. The first kappa shape index (κ1) is 19.8. The van der Waals surface area contributed by atoms with Crippen LogP contribution < -0.4 is 4.90 Å². The molecule has 1 N–H and O–H groups in total. The van der Waals surface area contributed by atoms with E-state index in [2.05, 4.69) is 0 Å². The van der Waals surface area contributed by atoms with Crippen LogP contribution in [0.25, 0.3) is 6.08 Å². The largest absolute Gasteiger partial charge is 0.502 e. The third-order valence-electron chi connectivity index (χ3n) is 3.72. The molecule has 0 saturated carbocycles. The zero-order chi connectivity index (χ0) is 20.6. The normalized spacial score (nSPS) is 16.1. The molecular weight excluding hydrogens is 417 g/mol. The number of benzene rings is 2. The average molecular weight is 426 g/mol. The number of carbonyl (C=O) groups is 1. The number of alkyl halides is 3. The second-order valence-electron chi connectivity index (χ2n) is 5.57. The van der Waals surface area contributed by atoms with Crippen molar-refractivity contribution in [3.63, 3.8) is 0 Å². The third-order valence-corrected chi connectivity index (χ3v) is 5.02. The number of hydrogen-bond acceptors (Lipinski definition) is 6. The smallest absolute Gasteiger partial charge is 0.416 e. The van der Waals surface area contributed by atoms with E-state index in [4.69, 9.17) is 12.2 Å². The van der Waals surface area contributed by atoms with Crippen molar-refractivity contribution >= 4 is 51.7 Å². The number of aromatic hydroxyl groups is 1. The molecule has 1 fully saturated rings. The molecule has 6 nitrogen and oxygen atoms in total. The van der Waals surface area contributed by atoms with Gasteiger partial charge in [-0.3, -0.25) is 19.8 Å². The molecule has 28 heavy (non-hydrogen) atoms. The molecule has 1 aliphatic rings. The number of carbonyl (C=O) groups excluding carboxylic acids is 1. The van der Waals surface area contributed by atoms with Gasteiger partial charge in [-0.25, -0.2) is 0 Å². The molecular formula is C17H9F3N2O4S2. The predicted octanol–water partition coefficient (Wildman–Crippen LogP) is 4.73. The highest BCUT2D eigenvalue weighted by Crippen LogP contribution is 2.39. The van der Waals surface area contributed by atoms with E-state index in [-0.39, 0.29) is 20.5 Å². The van der Waals surface area contributed by atoms with Crippen molar-refractivity contribution in [1.29, 1.82) is 0 Å². The maximum Gasteiger partial charge on any atom is 0.416 e. The van der Waals surface area contributed by atoms with E-state index in [1.54, 1.807) is 0 Å². The van der Waals surface area contributed by atoms with E-state index >= 15 is 0 Å². The summed E-state index contributed by atoms with van der Waals surface area (Å²) in [5.41, 5.74) is -1.23. The first-order chi connectivity index (χ1) is 13.1. The summed E-state index contributed by atoms with van der Waals surface area (Å²) < 4.78 is 38.8. The minimum Gasteiger partial charge on any atom is -0.502 e. The van der Waals surface area contributed by atoms with Gasteiger partial charge in [0.05, 0.1) is 21.1 Å². The second-order valence-corrected chi connectivity index (χ2v) is 7.25. The van der Waals surface area contributed by atoms with Gasteiger partial charge in [-0.15, -0.1) is 0 Å². The van der Waals surface area contributed by atoms with Gasteiger partial charge in [-0.05, 0) is 35.9 Å². The molecule has 1 heterocycles. The van der Waals surface area contributed by atoms with Crippen molar-refractivity contribution in [3.8, 4) is 5.75 Å². The second kappa shape index (κ2) is 7.24. The van der Waals surface area contributed by atoms with E-state index in [0.29, 0.717) is 0 Å². The third kappa shape index (κ3) is 3.85. The summed E-state index contributed by atoms with van der Waals surface area (Å²) in [5.74, 6) is -1.18. The zero-order valence-electron chi connectivity index (χ0n) is 13.6. The first-order valence-electron chi connectivity index (χ1n) is 7.50. The Balaban J connectivity index is 1.96. The fourth-order valence-electron chi connectivity index (χ4n) is 2.44. The highest BCUT2D eigenvalue weighted by Gasteiger charge is 2.36. The lowest BCUT2D eigenvalue weighted by molar-refractivity contribution is -0.385. The Morgan fingerprint density at radius 2 is 1.93 bits per heavy atom. The number of phenols is 1. The van der Waals surface area contributed by atoms with E-state index in [9.17, 15) is 33.2 Å². The van der Waals surface area contributed by atoms with Crippen LogP contribution in [-0.2, 0) is 11.0 Å². The Bertz CT molecular complexity index is 1040. The van der Waals surface area contributed by atoms with Crippen molar-refractivity contribution in [2.45, 2.75) is 6.18 Å². The zero-order valence-corrected chi connectivity index (χ0v) is 15.3. The number of hydrogen-bond donors (Lipinski definition) is 1. The number of nitro benzene ring substituents is 1. The molecule has 2 aromatic carbocycles. The van der Waals surface area contributed by atoms with Crippen LogP contribution in [-0.4, -0.2) is 20.3 Å². The Labute approximate surface area is 165 Å². The number of phenolic OH excluding ortho intramolecular Hbond substituents is 1. The van der Waals surface area contributed by atoms with E-state index in [1.165, 1.54) is 24.3 Å². The van der Waals surface area contributed by atoms with Crippen LogP contribution in [0, 0.1) is 10.1 Å². The molecule has 0 aromatic heterocycles. The highest BCUT2D eigenvalue weighted by atomic mass is 32.2. The summed E-state index contributed by atoms with van der Waals surface area (Å²) in [7, 11) is 0. The number of nitro groups is 1. The number of halogens is 3. The van der Waals surface area contributed by atoms with Gasteiger partial charge >= 0.3 is 11.9 Å². The van der Waals surface area contributed by atoms with E-state index < -0.39 is 34.0 Å². The standard InChI is InChI=1S/C17H9F3N2O4S2/c18-17(19,20)10-2-1-3-11(8-10)21-15(24)14(28-16(21)27)7-9-4-5-13(23)12(6-9)22(25)26/h1-8,23H/b14-7-. The van der Waals surface area contributed by atoms with E-state index in [0.717, 1.165) is 40.9 Å². The highest BCUT2D eigenvalue weighted by molar-refractivity contribution is 8.27. The summed E-state index contributed by atoms with van der Waals surface area (Å²) in [6.45, 7) is 0. The fraction of sp³-hybridized carbons (Fsp3) is 0.0588. The topological polar surface area (TPSA) is 83.7 Å². The minimum atomic E-state index is -4.57. The Hall–Kier alpha value is -2.92. The number of rotatable bonds is 3. The fourth-order valence-corrected chi connectivity index (χ4v) is 3.74. The molecule has 0 atom stereocenters. The van der Waals surface area contributed by atoms with E-state index in [1.807, 2.05) is 0 Å². The van der Waals surface area contributed by atoms with Crippen LogP contribution >= 0.6 is 24.0 Å². The molecule has 2 aromatic rings. The van der Waals surface area contributed by atoms with Crippen molar-refractivity contribution in [1.82, 2.24) is 0 Å². The monoisotopic (exact) mass is 426 g/mol. The SMILES string of the molecule is O=C1/C(=C/c2ccc(O)c([N+](=O)[O-])c2)SC(=S)N1c1cccc(C(F)(F)F)c1. The Kier molecular flexibility index (Phi) is 5.13. The summed E-state index contributed by atoms with van der Waals surface area (Å²) >= 11 is 5.97. The van der Waals surface area contributed by atoms with Gasteiger partial charge in [0, 0.05) is 6.07 Å². The lowest BCUT2D eigenvalue weighted by Gasteiger charge is -2.16. The van der Waals surface area contributed by atoms with Gasteiger partial charge in [-0.2, -0.15) is 13.2 Å². The molecule has 0 bridgehead atoms. The van der Waals surface area contributed by atoms with Gasteiger partial charge in [0.15, 0.2) is 10.1 Å². The molecule has 3 rings (SSSR count). The number of anilines is 1. The van der Waals surface area contributed by atoms with Crippen LogP contribution in [0.4, 0.5) is 24.5 Å². The molecule has 0 aliphatic carbocycles. The number of thiocarbonyl (C=S) groups is 1. The molecule has 11 heteroatoms. The number of amides is 1. The van der Waals surface area contributed by atoms with Crippen molar-refractivity contribution in [2.24, 2.45) is 0 Å². The molecule has 1 aliphatic heterocycles. The van der Waals surface area contributed by atoms with Gasteiger partial charge in [0.2, 0.25) is 0 Å². The first-order valence-corrected chi connectivity index (χ1v) is 8.73. The van der Waals surface area contributed by atoms with Gasteiger partial charge in [0.1, 0.15) is 0 Å². The quantitative estimate of drug-likeness (QED) is 0.331. The summed E-state index contributed by atoms with van der Waals surface area (Å²) in [6, 6.07) is 7.74. The average Bonchev–Trinajstić information content (AvgIpc) is 2.89. The van der Waals surface area contributed by atoms with Crippen molar-refractivity contribution < 1.29 is 28.0 Å². The number of nitrogens with zero attached hydrogens (tertiary/aromatic N) is 2. The molecule has 0 radical (unpaired) electrons. The predicted molar refractivity (Wildman–Crippen MR) is 102 cm³/mol. The Morgan fingerprint density at radius 1 is 1.21 bits per heavy atom. The van der Waals surface area contributed by atoms with Gasteiger partial charge in [0.25, 0.3) is 5.91 Å². The van der Waals surface area contributed by atoms with Crippen LogP contribution in [0.2, 0.25) is 0 Å². The van der Waals surface area contributed by atoms with Gasteiger partial charge in [-0.1, -0.05) is 36.1 Å². The van der Waals surface area contributed by atoms with Crippen LogP contribution in [0.3, 0.4) is 0 Å². The van der Waals surface area contributed by atoms with Crippen LogP contribution in [0.5, 0.6) is 5.75 Å². The molecule has 1 saturated heterocycles. The summed E-state index contributed by atoms with van der Waals surface area (Å²) in [6.07, 6.45) is -3.25. The van der Waals surface area contributed by atoms with Crippen LogP contribution in [0.15, 0.2) is 47.4 Å².